The van der Waals surface area contributed by atoms with Crippen LogP contribution in [0.4, 0.5) is 13.2 Å². The Balaban J connectivity index is 1.71. The molecule has 0 amide bonds. The van der Waals surface area contributed by atoms with E-state index in [9.17, 15) is 18.3 Å². The maximum atomic E-state index is 12.5. The zero-order valence-corrected chi connectivity index (χ0v) is 12.5. The van der Waals surface area contributed by atoms with Gasteiger partial charge in [-0.1, -0.05) is 30.7 Å². The van der Waals surface area contributed by atoms with Crippen LogP contribution in [0.3, 0.4) is 0 Å². The van der Waals surface area contributed by atoms with Crippen molar-refractivity contribution in [3.63, 3.8) is 0 Å². The third kappa shape index (κ3) is 3.82. The first kappa shape index (κ1) is 15.8. The molecule has 1 N–H and O–H groups in total. The Labute approximate surface area is 128 Å². The summed E-state index contributed by atoms with van der Waals surface area (Å²) in [6, 6.07) is 7.57. The highest BCUT2D eigenvalue weighted by Gasteiger charge is 2.37. The molecule has 2 fully saturated rings. The second-order valence-corrected chi connectivity index (χ2v) is 6.65. The largest absolute Gasteiger partial charge is 0.393 e. The van der Waals surface area contributed by atoms with Gasteiger partial charge in [-0.2, -0.15) is 13.2 Å². The van der Waals surface area contributed by atoms with Crippen molar-refractivity contribution >= 4 is 0 Å². The number of rotatable bonds is 3. The Bertz CT molecular complexity index is 503. The topological polar surface area (TPSA) is 23.5 Å². The molecular formula is C17H22F3NO. The molecule has 2 heterocycles. The standard InChI is InChI=1S/C17H22F3NO/c18-17(19,20)10-12-3-1-4-13(7-12)11-21-14-5-2-6-15(21)9-16(22)8-14/h1,3-4,7,14-16,22H,2,5-6,8-11H2/t14-,15+,16?. The second kappa shape index (κ2) is 6.20. The Morgan fingerprint density at radius 1 is 1.09 bits per heavy atom. The fourth-order valence-corrected chi connectivity index (χ4v) is 3.99. The molecule has 2 nitrogen and oxygen atoms in total. The second-order valence-electron chi connectivity index (χ2n) is 6.65. The van der Waals surface area contributed by atoms with Crippen LogP contribution in [-0.4, -0.2) is 34.4 Å². The summed E-state index contributed by atoms with van der Waals surface area (Å²) < 4.78 is 37.6. The number of aliphatic hydroxyl groups excluding tert-OH is 1. The summed E-state index contributed by atoms with van der Waals surface area (Å²) in [5.41, 5.74) is 1.27. The number of aliphatic hydroxyl groups is 1. The van der Waals surface area contributed by atoms with E-state index in [0.29, 0.717) is 24.2 Å². The number of halogens is 3. The van der Waals surface area contributed by atoms with Gasteiger partial charge in [0.1, 0.15) is 0 Å². The van der Waals surface area contributed by atoms with Crippen LogP contribution in [-0.2, 0) is 13.0 Å². The SMILES string of the molecule is OC1C[C@H]2CCC[C@@H](C1)N2Cc1cccc(CC(F)(F)F)c1. The summed E-state index contributed by atoms with van der Waals surface area (Å²) in [4.78, 5) is 2.39. The van der Waals surface area contributed by atoms with Gasteiger partial charge in [-0.15, -0.1) is 0 Å². The molecule has 1 aromatic carbocycles. The molecule has 0 radical (unpaired) electrons. The molecule has 0 aromatic heterocycles. The van der Waals surface area contributed by atoms with E-state index >= 15 is 0 Å². The fraction of sp³-hybridized carbons (Fsp3) is 0.647. The number of hydrogen-bond acceptors (Lipinski definition) is 2. The van der Waals surface area contributed by atoms with Crippen LogP contribution >= 0.6 is 0 Å². The van der Waals surface area contributed by atoms with Gasteiger partial charge < -0.3 is 5.11 Å². The lowest BCUT2D eigenvalue weighted by molar-refractivity contribution is -0.127. The zero-order chi connectivity index (χ0) is 15.7. The summed E-state index contributed by atoms with van der Waals surface area (Å²) >= 11 is 0. The van der Waals surface area contributed by atoms with E-state index < -0.39 is 12.6 Å². The van der Waals surface area contributed by atoms with Crippen LogP contribution in [0.5, 0.6) is 0 Å². The first-order valence-corrected chi connectivity index (χ1v) is 7.99. The molecule has 2 saturated heterocycles. The Morgan fingerprint density at radius 3 is 2.36 bits per heavy atom. The molecule has 2 aliphatic rings. The lowest BCUT2D eigenvalue weighted by Crippen LogP contribution is -2.52. The Hall–Kier alpha value is -1.07. The summed E-state index contributed by atoms with van der Waals surface area (Å²) in [7, 11) is 0. The van der Waals surface area contributed by atoms with Gasteiger partial charge in [0, 0.05) is 18.6 Å². The molecule has 0 aliphatic carbocycles. The van der Waals surface area contributed by atoms with E-state index in [1.807, 2.05) is 6.07 Å². The third-order valence-electron chi connectivity index (χ3n) is 4.86. The molecule has 2 bridgehead atoms. The molecule has 2 aliphatic heterocycles. The molecular weight excluding hydrogens is 291 g/mol. The summed E-state index contributed by atoms with van der Waals surface area (Å²) in [6.07, 6.45) is -0.324. The van der Waals surface area contributed by atoms with Crippen LogP contribution in [0.25, 0.3) is 0 Å². The predicted octanol–water partition coefficient (Wildman–Crippen LogP) is 3.67. The Kier molecular flexibility index (Phi) is 4.46. The lowest BCUT2D eigenvalue weighted by atomic mass is 9.82. The first-order valence-electron chi connectivity index (χ1n) is 7.99. The monoisotopic (exact) mass is 313 g/mol. The average molecular weight is 313 g/mol. The van der Waals surface area contributed by atoms with Crippen LogP contribution in [0, 0.1) is 0 Å². The number of hydrogen-bond donors (Lipinski definition) is 1. The van der Waals surface area contributed by atoms with Gasteiger partial charge in [-0.3, -0.25) is 4.90 Å². The number of nitrogens with zero attached hydrogens (tertiary/aromatic N) is 1. The van der Waals surface area contributed by atoms with Crippen LogP contribution in [0.1, 0.15) is 43.2 Å². The molecule has 22 heavy (non-hydrogen) atoms. The lowest BCUT2D eigenvalue weighted by Gasteiger charge is -2.48. The molecule has 5 heteroatoms. The zero-order valence-electron chi connectivity index (χ0n) is 12.5. The summed E-state index contributed by atoms with van der Waals surface area (Å²) in [5, 5.41) is 9.92. The van der Waals surface area contributed by atoms with Crippen LogP contribution < -0.4 is 0 Å². The smallest absolute Gasteiger partial charge is 0.393 e. The van der Waals surface area contributed by atoms with Gasteiger partial charge in [0.05, 0.1) is 12.5 Å². The molecule has 0 saturated carbocycles. The van der Waals surface area contributed by atoms with Crippen LogP contribution in [0.15, 0.2) is 24.3 Å². The predicted molar refractivity (Wildman–Crippen MR) is 78.4 cm³/mol. The minimum atomic E-state index is -4.16. The molecule has 3 atom stereocenters. The van der Waals surface area contributed by atoms with Gasteiger partial charge in [0.25, 0.3) is 0 Å². The van der Waals surface area contributed by atoms with Crippen molar-refractivity contribution in [3.8, 4) is 0 Å². The van der Waals surface area contributed by atoms with Crippen molar-refractivity contribution in [2.75, 3.05) is 0 Å². The van der Waals surface area contributed by atoms with Crippen molar-refractivity contribution in [1.29, 1.82) is 0 Å². The third-order valence-corrected chi connectivity index (χ3v) is 4.86. The molecule has 0 spiro atoms. The van der Waals surface area contributed by atoms with E-state index in [2.05, 4.69) is 4.90 Å². The minimum Gasteiger partial charge on any atom is -0.393 e. The number of alkyl halides is 3. The molecule has 122 valence electrons. The van der Waals surface area contributed by atoms with Gasteiger partial charge in [0.15, 0.2) is 0 Å². The van der Waals surface area contributed by atoms with Crippen molar-refractivity contribution < 1.29 is 18.3 Å². The normalized spacial score (nSPS) is 29.5. The van der Waals surface area contributed by atoms with Crippen molar-refractivity contribution in [2.24, 2.45) is 0 Å². The van der Waals surface area contributed by atoms with Gasteiger partial charge in [0.2, 0.25) is 0 Å². The maximum Gasteiger partial charge on any atom is 0.393 e. The fourth-order valence-electron chi connectivity index (χ4n) is 3.99. The highest BCUT2D eigenvalue weighted by molar-refractivity contribution is 5.24. The number of fused-ring (bicyclic) bond motifs is 2. The van der Waals surface area contributed by atoms with E-state index in [0.717, 1.165) is 31.2 Å². The van der Waals surface area contributed by atoms with Crippen molar-refractivity contribution in [2.45, 2.75) is 69.4 Å². The number of piperidine rings is 2. The van der Waals surface area contributed by atoms with E-state index in [4.69, 9.17) is 0 Å². The quantitative estimate of drug-likeness (QED) is 0.920. The summed E-state index contributed by atoms with van der Waals surface area (Å²) in [6.45, 7) is 0.688. The highest BCUT2D eigenvalue weighted by atomic mass is 19.4. The van der Waals surface area contributed by atoms with Crippen LogP contribution in [0.2, 0.25) is 0 Å². The molecule has 3 rings (SSSR count). The average Bonchev–Trinajstić information content (AvgIpc) is 2.38. The summed E-state index contributed by atoms with van der Waals surface area (Å²) in [5.74, 6) is 0. The molecule has 1 unspecified atom stereocenters. The maximum absolute atomic E-state index is 12.5. The number of benzene rings is 1. The van der Waals surface area contributed by atoms with Crippen molar-refractivity contribution in [3.05, 3.63) is 35.4 Å². The van der Waals surface area contributed by atoms with Gasteiger partial charge in [-0.25, -0.2) is 0 Å². The Morgan fingerprint density at radius 2 is 1.73 bits per heavy atom. The van der Waals surface area contributed by atoms with E-state index in [-0.39, 0.29) is 6.10 Å². The minimum absolute atomic E-state index is 0.219. The van der Waals surface area contributed by atoms with Crippen molar-refractivity contribution in [1.82, 2.24) is 4.90 Å². The van der Waals surface area contributed by atoms with E-state index in [1.54, 1.807) is 12.1 Å². The first-order chi connectivity index (χ1) is 10.4. The van der Waals surface area contributed by atoms with Gasteiger partial charge >= 0.3 is 6.18 Å². The van der Waals surface area contributed by atoms with E-state index in [1.165, 1.54) is 12.5 Å². The molecule has 1 aromatic rings. The van der Waals surface area contributed by atoms with Gasteiger partial charge in [-0.05, 0) is 36.8 Å². The highest BCUT2D eigenvalue weighted by Crippen LogP contribution is 2.35.